The van der Waals surface area contributed by atoms with Crippen LogP contribution in [0.15, 0.2) is 0 Å². The number of aromatic nitrogens is 2. The molecule has 1 fully saturated rings. The van der Waals surface area contributed by atoms with Crippen LogP contribution in [0.3, 0.4) is 0 Å². The van der Waals surface area contributed by atoms with Crippen LogP contribution in [0, 0.1) is 16.0 Å². The van der Waals surface area contributed by atoms with Crippen LogP contribution in [-0.4, -0.2) is 33.6 Å². The maximum Gasteiger partial charge on any atom is 0.334 e. The Hall–Kier alpha value is -1.92. The summed E-state index contributed by atoms with van der Waals surface area (Å²) in [6, 6.07) is 0. The first-order chi connectivity index (χ1) is 9.45. The highest BCUT2D eigenvalue weighted by atomic mass is 16.6. The molecule has 7 heteroatoms. The summed E-state index contributed by atoms with van der Waals surface area (Å²) in [5, 5.41) is 15.6. The van der Waals surface area contributed by atoms with E-state index in [-0.39, 0.29) is 22.3 Å². The molecule has 1 unspecified atom stereocenters. The minimum absolute atomic E-state index is 0.0386. The van der Waals surface area contributed by atoms with Crippen molar-refractivity contribution >= 4 is 17.3 Å². The van der Waals surface area contributed by atoms with Gasteiger partial charge in [0.25, 0.3) is 0 Å². The molecule has 0 radical (unpaired) electrons. The van der Waals surface area contributed by atoms with E-state index in [4.69, 9.17) is 0 Å². The number of carbonyl (C=O) groups is 1. The van der Waals surface area contributed by atoms with Gasteiger partial charge in [-0.25, -0.2) is 4.68 Å². The number of anilines is 1. The highest BCUT2D eigenvalue weighted by molar-refractivity contribution is 5.79. The summed E-state index contributed by atoms with van der Waals surface area (Å²) in [5.74, 6) is 0.636. The fraction of sp³-hybridized carbons (Fsp3) is 0.692. The molecule has 20 heavy (non-hydrogen) atoms. The van der Waals surface area contributed by atoms with Gasteiger partial charge in [-0.2, -0.15) is 5.10 Å². The van der Waals surface area contributed by atoms with Gasteiger partial charge in [0.1, 0.15) is 11.5 Å². The van der Waals surface area contributed by atoms with Crippen molar-refractivity contribution in [3.8, 4) is 0 Å². The Morgan fingerprint density at radius 2 is 2.25 bits per heavy atom. The topological polar surface area (TPSA) is 81.3 Å². The van der Waals surface area contributed by atoms with Crippen molar-refractivity contribution in [1.29, 1.82) is 0 Å². The Balaban J connectivity index is 2.39. The SMILES string of the molecule is CCc1nn(C)c(N2CCCC(C(C)=O)C2)c1[N+](=O)[O-]. The molecular formula is C13H20N4O3. The van der Waals surface area contributed by atoms with E-state index in [1.165, 1.54) is 0 Å². The number of piperidine rings is 1. The van der Waals surface area contributed by atoms with Gasteiger partial charge in [0.15, 0.2) is 0 Å². The molecule has 2 heterocycles. The largest absolute Gasteiger partial charge is 0.350 e. The van der Waals surface area contributed by atoms with Gasteiger partial charge in [-0.05, 0) is 26.2 Å². The third-order valence-corrected chi connectivity index (χ3v) is 3.88. The molecule has 1 atom stereocenters. The predicted octanol–water partition coefficient (Wildman–Crippen LogP) is 1.70. The van der Waals surface area contributed by atoms with E-state index in [1.54, 1.807) is 18.7 Å². The Morgan fingerprint density at radius 1 is 1.55 bits per heavy atom. The third-order valence-electron chi connectivity index (χ3n) is 3.88. The number of rotatable bonds is 4. The average molecular weight is 280 g/mol. The zero-order valence-corrected chi connectivity index (χ0v) is 12.1. The highest BCUT2D eigenvalue weighted by Gasteiger charge is 2.33. The van der Waals surface area contributed by atoms with Crippen LogP contribution in [0.2, 0.25) is 0 Å². The highest BCUT2D eigenvalue weighted by Crippen LogP contribution is 2.34. The van der Waals surface area contributed by atoms with E-state index in [2.05, 4.69) is 5.10 Å². The van der Waals surface area contributed by atoms with Gasteiger partial charge >= 0.3 is 5.69 Å². The first-order valence-corrected chi connectivity index (χ1v) is 6.91. The molecule has 1 aromatic rings. The zero-order chi connectivity index (χ0) is 14.9. The summed E-state index contributed by atoms with van der Waals surface area (Å²) in [6.45, 7) is 4.71. The van der Waals surface area contributed by atoms with Gasteiger partial charge in [0.2, 0.25) is 5.82 Å². The van der Waals surface area contributed by atoms with E-state index in [0.29, 0.717) is 24.5 Å². The number of hydrogen-bond acceptors (Lipinski definition) is 5. The molecule has 0 spiro atoms. The van der Waals surface area contributed by atoms with Crippen molar-refractivity contribution in [3.05, 3.63) is 15.8 Å². The standard InChI is InChI=1S/C13H20N4O3/c1-4-11-12(17(19)20)13(15(3)14-11)16-7-5-6-10(8-16)9(2)18/h10H,4-8H2,1-3H3. The van der Waals surface area contributed by atoms with E-state index in [9.17, 15) is 14.9 Å². The van der Waals surface area contributed by atoms with Crippen molar-refractivity contribution < 1.29 is 9.72 Å². The molecule has 1 aliphatic rings. The average Bonchev–Trinajstić information content (AvgIpc) is 2.75. The molecule has 7 nitrogen and oxygen atoms in total. The van der Waals surface area contributed by atoms with Gasteiger partial charge in [-0.3, -0.25) is 14.9 Å². The minimum atomic E-state index is -0.363. The minimum Gasteiger partial charge on any atom is -0.350 e. The molecule has 0 N–H and O–H groups in total. The molecule has 0 bridgehead atoms. The Morgan fingerprint density at radius 3 is 2.80 bits per heavy atom. The monoisotopic (exact) mass is 280 g/mol. The van der Waals surface area contributed by atoms with Gasteiger partial charge in [-0.15, -0.1) is 0 Å². The van der Waals surface area contributed by atoms with Gasteiger partial charge in [0, 0.05) is 26.1 Å². The lowest BCUT2D eigenvalue weighted by Crippen LogP contribution is -2.39. The maximum atomic E-state index is 11.6. The number of carbonyl (C=O) groups excluding carboxylic acids is 1. The summed E-state index contributed by atoms with van der Waals surface area (Å²) in [4.78, 5) is 24.5. The predicted molar refractivity (Wildman–Crippen MR) is 74.9 cm³/mol. The molecular weight excluding hydrogens is 260 g/mol. The van der Waals surface area contributed by atoms with Crippen LogP contribution in [0.4, 0.5) is 11.5 Å². The van der Waals surface area contributed by atoms with Crippen LogP contribution in [0.25, 0.3) is 0 Å². The molecule has 0 aliphatic carbocycles. The van der Waals surface area contributed by atoms with Crippen LogP contribution in [0.1, 0.15) is 32.4 Å². The maximum absolute atomic E-state index is 11.6. The van der Waals surface area contributed by atoms with Crippen molar-refractivity contribution in [3.63, 3.8) is 0 Å². The van der Waals surface area contributed by atoms with Crippen molar-refractivity contribution in [2.45, 2.75) is 33.1 Å². The molecule has 1 aromatic heterocycles. The van der Waals surface area contributed by atoms with Crippen LogP contribution >= 0.6 is 0 Å². The Bertz CT molecular complexity index is 538. The number of hydrogen-bond donors (Lipinski definition) is 0. The molecule has 2 rings (SSSR count). The summed E-state index contributed by atoms with van der Waals surface area (Å²) in [5.41, 5.74) is 0.580. The smallest absolute Gasteiger partial charge is 0.334 e. The number of nitro groups is 1. The molecule has 110 valence electrons. The molecule has 0 aromatic carbocycles. The quantitative estimate of drug-likeness (QED) is 0.619. The Labute approximate surface area is 117 Å². The fourth-order valence-electron chi connectivity index (χ4n) is 2.84. The van der Waals surface area contributed by atoms with Crippen molar-refractivity contribution in [2.75, 3.05) is 18.0 Å². The second-order valence-electron chi connectivity index (χ2n) is 5.25. The van der Waals surface area contributed by atoms with Crippen molar-refractivity contribution in [1.82, 2.24) is 9.78 Å². The first kappa shape index (κ1) is 14.5. The fourth-order valence-corrected chi connectivity index (χ4v) is 2.84. The van der Waals surface area contributed by atoms with E-state index in [0.717, 1.165) is 19.4 Å². The van der Waals surface area contributed by atoms with Crippen LogP contribution in [-0.2, 0) is 18.3 Å². The van der Waals surface area contributed by atoms with Gasteiger partial charge in [-0.1, -0.05) is 6.92 Å². The summed E-state index contributed by atoms with van der Waals surface area (Å²) < 4.78 is 1.57. The van der Waals surface area contributed by atoms with E-state index < -0.39 is 0 Å². The van der Waals surface area contributed by atoms with Crippen LogP contribution < -0.4 is 4.90 Å². The van der Waals surface area contributed by atoms with Crippen LogP contribution in [0.5, 0.6) is 0 Å². The van der Waals surface area contributed by atoms with Gasteiger partial charge in [0.05, 0.1) is 4.92 Å². The lowest BCUT2D eigenvalue weighted by Gasteiger charge is -2.32. The summed E-state index contributed by atoms with van der Waals surface area (Å²) >= 11 is 0. The van der Waals surface area contributed by atoms with Gasteiger partial charge < -0.3 is 4.90 Å². The molecule has 0 saturated carbocycles. The van der Waals surface area contributed by atoms with E-state index in [1.807, 2.05) is 11.8 Å². The number of nitrogens with zero attached hydrogens (tertiary/aromatic N) is 4. The normalized spacial score (nSPS) is 19.1. The van der Waals surface area contributed by atoms with E-state index >= 15 is 0 Å². The lowest BCUT2D eigenvalue weighted by atomic mass is 9.94. The second kappa shape index (κ2) is 5.60. The first-order valence-electron chi connectivity index (χ1n) is 6.91. The molecule has 1 saturated heterocycles. The summed E-state index contributed by atoms with van der Waals surface area (Å²) in [6.07, 6.45) is 2.25. The van der Waals surface area contributed by atoms with Crippen molar-refractivity contribution in [2.24, 2.45) is 13.0 Å². The Kier molecular flexibility index (Phi) is 4.06. The number of Topliss-reactive ketones (excluding diaryl/α,β-unsaturated/α-hetero) is 1. The summed E-state index contributed by atoms with van der Waals surface area (Å²) in [7, 11) is 1.72. The zero-order valence-electron chi connectivity index (χ0n) is 12.1. The molecule has 1 aliphatic heterocycles. The third kappa shape index (κ3) is 2.52. The lowest BCUT2D eigenvalue weighted by molar-refractivity contribution is -0.384. The number of ketones is 1. The second-order valence-corrected chi connectivity index (χ2v) is 5.25. The number of aryl methyl sites for hydroxylation is 2. The molecule has 0 amide bonds.